The van der Waals surface area contributed by atoms with Gasteiger partial charge in [-0.05, 0) is 0 Å². The van der Waals surface area contributed by atoms with Crippen LogP contribution in [-0.2, 0) is 51.9 Å². The van der Waals surface area contributed by atoms with Gasteiger partial charge in [-0.15, -0.1) is 0 Å². The van der Waals surface area contributed by atoms with Crippen LogP contribution in [0.15, 0.2) is 71.8 Å². The third-order valence-electron chi connectivity index (χ3n) is 13.5. The number of allylic oxidation sites excluding steroid dienone is 2. The first-order valence-electron chi connectivity index (χ1n) is 21.6. The second kappa shape index (κ2) is 14.0. The summed E-state index contributed by atoms with van der Waals surface area (Å²) in [4.78, 5) is 0. The van der Waals surface area contributed by atoms with E-state index in [0.29, 0.717) is 7.25 Å². The molecule has 0 amide bonds. The molecule has 0 saturated carbocycles. The molecule has 2 aliphatic carbocycles. The van der Waals surface area contributed by atoms with Gasteiger partial charge in [-0.2, -0.15) is 0 Å². The van der Waals surface area contributed by atoms with Crippen LogP contribution in [0.2, 0.25) is 9.26 Å². The SMILES string of the molecule is CCc1cc(-c2cc(C(C)(C)C)cc(C(C)(C)C)c2)c2c(c1)[CH]([Zr]([CH3])([CH3])(=[SiH2])[CH]1C(C)=Cc3c(-c4cc(C(C)(C)C)cc(C(C)(C)C)c4)cc(CC)cc31)C(C)=C2. The standard InChI is InChI=1S/2C26H33.2CH3.H2Si.Zr/c2*1-9-18-12-19-10-17(2)11-23(19)24(13-18)20-14-21(25(3,4)5)16-22(15-20)26(6,7)8;;;;/h2*10-16H,9H2,1-8H3;2*1H3;1H2;. The van der Waals surface area contributed by atoms with Gasteiger partial charge in [-0.3, -0.25) is 0 Å². The van der Waals surface area contributed by atoms with Crippen LogP contribution in [0.25, 0.3) is 34.4 Å². The zero-order valence-corrected chi connectivity index (χ0v) is 42.6. The topological polar surface area (TPSA) is 0 Å². The molecule has 0 radical (unpaired) electrons. The maximum absolute atomic E-state index is 3.81. The van der Waals surface area contributed by atoms with E-state index in [2.05, 4.69) is 200 Å². The fourth-order valence-electron chi connectivity index (χ4n) is 10.3. The Labute approximate surface area is 345 Å². The molecule has 0 nitrogen and oxygen atoms in total. The number of fused-ring (bicyclic) bond motifs is 2. The molecule has 0 bridgehead atoms. The Morgan fingerprint density at radius 2 is 0.750 bits per heavy atom. The zero-order valence-electron chi connectivity index (χ0n) is 38.7. The molecule has 298 valence electrons. The van der Waals surface area contributed by atoms with Gasteiger partial charge in [-0.1, -0.05) is 0 Å². The van der Waals surface area contributed by atoms with E-state index in [1.54, 1.807) is 22.3 Å². The van der Waals surface area contributed by atoms with Crippen molar-refractivity contribution in [1.29, 1.82) is 0 Å². The van der Waals surface area contributed by atoms with Gasteiger partial charge in [0.15, 0.2) is 0 Å². The van der Waals surface area contributed by atoms with Crippen LogP contribution in [-0.4, -0.2) is 6.88 Å². The van der Waals surface area contributed by atoms with E-state index in [-0.39, 0.29) is 21.7 Å². The van der Waals surface area contributed by atoms with E-state index in [9.17, 15) is 0 Å². The Morgan fingerprint density at radius 3 is 1.00 bits per heavy atom. The first-order chi connectivity index (χ1) is 25.5. The minimum atomic E-state index is -3.81. The number of aryl methyl sites for hydroxylation is 2. The molecule has 4 aromatic carbocycles. The summed E-state index contributed by atoms with van der Waals surface area (Å²) in [7, 11) is 0. The van der Waals surface area contributed by atoms with E-state index in [1.165, 1.54) is 66.8 Å². The van der Waals surface area contributed by atoms with Crippen molar-refractivity contribution in [2.45, 2.75) is 162 Å². The summed E-state index contributed by atoms with van der Waals surface area (Å²) in [5, 5.41) is 0. The average molecular weight is 842 g/mol. The van der Waals surface area contributed by atoms with Crippen molar-refractivity contribution in [1.82, 2.24) is 0 Å². The van der Waals surface area contributed by atoms with Crippen LogP contribution in [0.5, 0.6) is 0 Å². The van der Waals surface area contributed by atoms with Crippen molar-refractivity contribution in [3.63, 3.8) is 0 Å². The molecule has 0 spiro atoms. The molecule has 2 heteroatoms. The van der Waals surface area contributed by atoms with Crippen molar-refractivity contribution in [3.8, 4) is 22.3 Å². The average Bonchev–Trinajstić information content (AvgIpc) is 3.61. The van der Waals surface area contributed by atoms with Crippen LogP contribution in [0.4, 0.5) is 0 Å². The fraction of sp³-hybridized carbons (Fsp3) is 0.481. The van der Waals surface area contributed by atoms with Gasteiger partial charge >= 0.3 is 348 Å². The predicted molar refractivity (Wildman–Crippen MR) is 250 cm³/mol. The summed E-state index contributed by atoms with van der Waals surface area (Å²) < 4.78 is 6.57. The minimum absolute atomic E-state index is 0.0706. The molecule has 0 aromatic heterocycles. The van der Waals surface area contributed by atoms with Gasteiger partial charge in [0.05, 0.1) is 0 Å². The first kappa shape index (κ1) is 43.0. The Hall–Kier alpha value is -2.54. The van der Waals surface area contributed by atoms with Gasteiger partial charge in [-0.25, -0.2) is 0 Å². The van der Waals surface area contributed by atoms with Crippen LogP contribution >= 0.6 is 0 Å². The summed E-state index contributed by atoms with van der Waals surface area (Å²) in [5.41, 5.74) is 23.8. The molecule has 0 saturated heterocycles. The molecule has 0 aliphatic heterocycles. The summed E-state index contributed by atoms with van der Waals surface area (Å²) in [6.07, 6.45) is 7.30. The Morgan fingerprint density at radius 1 is 0.464 bits per heavy atom. The number of hydrogen-bond donors (Lipinski definition) is 0. The van der Waals surface area contributed by atoms with Crippen molar-refractivity contribution in [2.24, 2.45) is 0 Å². The van der Waals surface area contributed by atoms with E-state index >= 15 is 0 Å². The van der Waals surface area contributed by atoms with E-state index in [4.69, 9.17) is 0 Å². The summed E-state index contributed by atoms with van der Waals surface area (Å²) >= 11 is -3.81. The Bertz CT molecular complexity index is 2130. The molecule has 4 aromatic rings. The number of benzene rings is 4. The molecule has 2 atom stereocenters. The molecular formula is C54H74SiZr. The molecule has 6 rings (SSSR count). The normalized spacial score (nSPS) is 17.8. The van der Waals surface area contributed by atoms with Crippen LogP contribution in [0, 0.1) is 0 Å². The fourth-order valence-corrected chi connectivity index (χ4v) is 31.4. The van der Waals surface area contributed by atoms with Crippen molar-refractivity contribution >= 4 is 19.0 Å². The van der Waals surface area contributed by atoms with Gasteiger partial charge in [0.25, 0.3) is 0 Å². The second-order valence-electron chi connectivity index (χ2n) is 23.2. The van der Waals surface area contributed by atoms with Gasteiger partial charge < -0.3 is 0 Å². The van der Waals surface area contributed by atoms with Gasteiger partial charge in [0.1, 0.15) is 0 Å². The molecule has 56 heavy (non-hydrogen) atoms. The monoisotopic (exact) mass is 840 g/mol. The first-order valence-corrected chi connectivity index (χ1v) is 35.3. The summed E-state index contributed by atoms with van der Waals surface area (Å²) in [6, 6.07) is 25.3. The predicted octanol–water partition coefficient (Wildman–Crippen LogP) is 15.3. The molecule has 0 fully saturated rings. The van der Waals surface area contributed by atoms with Crippen LogP contribution < -0.4 is 0 Å². The number of hydrogen-bond acceptors (Lipinski definition) is 0. The Kier molecular flexibility index (Phi) is 10.8. The zero-order chi connectivity index (χ0) is 41.7. The quantitative estimate of drug-likeness (QED) is 0.170. The second-order valence-corrected chi connectivity index (χ2v) is 53.6. The molecule has 2 aliphatic rings. The van der Waals surface area contributed by atoms with Gasteiger partial charge in [0, 0.05) is 0 Å². The van der Waals surface area contributed by atoms with Crippen molar-refractivity contribution < 1.29 is 17.4 Å². The Balaban J connectivity index is 1.58. The van der Waals surface area contributed by atoms with Crippen molar-refractivity contribution in [3.05, 3.63) is 127 Å². The van der Waals surface area contributed by atoms with Crippen LogP contribution in [0.3, 0.4) is 0 Å². The van der Waals surface area contributed by atoms with Gasteiger partial charge in [0.2, 0.25) is 0 Å². The maximum atomic E-state index is 2.81. The van der Waals surface area contributed by atoms with Crippen molar-refractivity contribution in [2.75, 3.05) is 0 Å². The molecular weight excluding hydrogens is 768 g/mol. The van der Waals surface area contributed by atoms with E-state index in [1.807, 2.05) is 0 Å². The van der Waals surface area contributed by atoms with E-state index < -0.39 is 17.4 Å². The molecule has 2 unspecified atom stereocenters. The van der Waals surface area contributed by atoms with Crippen LogP contribution in [0.1, 0.15) is 174 Å². The third kappa shape index (κ3) is 7.82. The third-order valence-corrected chi connectivity index (χ3v) is 31.4. The molecule has 0 N–H and O–H groups in total. The number of rotatable bonds is 6. The molecule has 0 heterocycles. The summed E-state index contributed by atoms with van der Waals surface area (Å²) in [5.74, 6) is 0. The van der Waals surface area contributed by atoms with E-state index in [0.717, 1.165) is 12.8 Å². The summed E-state index contributed by atoms with van der Waals surface area (Å²) in [6.45, 7) is 40.4.